The van der Waals surface area contributed by atoms with Gasteiger partial charge in [0.2, 0.25) is 0 Å². The van der Waals surface area contributed by atoms with Crippen molar-refractivity contribution in [3.8, 4) is 0 Å². The van der Waals surface area contributed by atoms with Crippen LogP contribution in [-0.2, 0) is 0 Å². The van der Waals surface area contributed by atoms with Gasteiger partial charge in [-0.25, -0.2) is 0 Å². The number of fused-ring (bicyclic) bond motifs is 1. The second kappa shape index (κ2) is 0.555. The highest BCUT2D eigenvalue weighted by molar-refractivity contribution is 5.17. The molecule has 0 radical (unpaired) electrons. The summed E-state index contributed by atoms with van der Waals surface area (Å²) in [6, 6.07) is 0. The maximum atomic E-state index is 3.18. The Morgan fingerprint density at radius 2 is 2.67 bits per heavy atom. The van der Waals surface area contributed by atoms with Gasteiger partial charge in [0.15, 0.2) is 0 Å². The van der Waals surface area contributed by atoms with Gasteiger partial charge in [-0.3, -0.25) is 0 Å². The predicted octanol–water partition coefficient (Wildman–Crippen LogP) is -0.296. The number of nitrogens with one attached hydrogen (secondary N) is 1. The van der Waals surface area contributed by atoms with E-state index in [0.717, 1.165) is 6.67 Å². The summed E-state index contributed by atoms with van der Waals surface area (Å²) in [5, 5.41) is 3.18. The van der Waals surface area contributed by atoms with Crippen LogP contribution in [0.25, 0.3) is 0 Å². The standard InChI is InChI=1S/C4H6N2/c1-4-2-6(1)3-5-4/h1,5H,2-3H2. The summed E-state index contributed by atoms with van der Waals surface area (Å²) in [5.74, 6) is 0. The molecular weight excluding hydrogens is 76.1 g/mol. The van der Waals surface area contributed by atoms with Crippen molar-refractivity contribution in [2.75, 3.05) is 13.2 Å². The molecule has 6 heavy (non-hydrogen) atoms. The van der Waals surface area contributed by atoms with Crippen LogP contribution in [0.5, 0.6) is 0 Å². The highest BCUT2D eigenvalue weighted by Gasteiger charge is 2.21. The van der Waals surface area contributed by atoms with Crippen LogP contribution in [0.1, 0.15) is 0 Å². The number of rotatable bonds is 0. The Morgan fingerprint density at radius 1 is 1.83 bits per heavy atom. The highest BCUT2D eigenvalue weighted by Crippen LogP contribution is 2.14. The van der Waals surface area contributed by atoms with Crippen molar-refractivity contribution in [1.29, 1.82) is 0 Å². The van der Waals surface area contributed by atoms with Crippen molar-refractivity contribution in [3.05, 3.63) is 11.9 Å². The smallest absolute Gasteiger partial charge is 0.0874 e. The van der Waals surface area contributed by atoms with E-state index in [4.69, 9.17) is 0 Å². The highest BCUT2D eigenvalue weighted by atomic mass is 15.3. The molecule has 2 heteroatoms. The lowest BCUT2D eigenvalue weighted by Gasteiger charge is -2.14. The van der Waals surface area contributed by atoms with E-state index in [1.165, 1.54) is 12.2 Å². The Kier molecular flexibility index (Phi) is 0.231. The first-order chi connectivity index (χ1) is 2.95. The molecule has 1 saturated heterocycles. The molecule has 0 saturated carbocycles. The topological polar surface area (TPSA) is 15.3 Å². The summed E-state index contributed by atoms with van der Waals surface area (Å²) in [6.07, 6.45) is 2.14. The van der Waals surface area contributed by atoms with E-state index in [1.54, 1.807) is 0 Å². The summed E-state index contributed by atoms with van der Waals surface area (Å²) in [4.78, 5) is 2.23. The second-order valence-electron chi connectivity index (χ2n) is 1.74. The molecule has 0 aliphatic carbocycles. The van der Waals surface area contributed by atoms with E-state index in [2.05, 4.69) is 16.4 Å². The molecule has 0 aromatic carbocycles. The lowest BCUT2D eigenvalue weighted by Crippen LogP contribution is -2.17. The van der Waals surface area contributed by atoms with Gasteiger partial charge in [0, 0.05) is 11.9 Å². The van der Waals surface area contributed by atoms with Crippen LogP contribution in [0, 0.1) is 0 Å². The molecule has 32 valence electrons. The molecule has 3 aliphatic rings. The first kappa shape index (κ1) is 2.50. The lowest BCUT2D eigenvalue weighted by atomic mass is 10.4. The van der Waals surface area contributed by atoms with Crippen molar-refractivity contribution in [3.63, 3.8) is 0 Å². The molecule has 1 N–H and O–H groups in total. The van der Waals surface area contributed by atoms with E-state index in [0.29, 0.717) is 0 Å². The van der Waals surface area contributed by atoms with Crippen LogP contribution in [-0.4, -0.2) is 18.1 Å². The van der Waals surface area contributed by atoms with Crippen LogP contribution >= 0.6 is 0 Å². The van der Waals surface area contributed by atoms with E-state index in [-0.39, 0.29) is 0 Å². The molecule has 0 spiro atoms. The summed E-state index contributed by atoms with van der Waals surface area (Å²) < 4.78 is 0. The molecule has 0 aromatic rings. The molecule has 2 bridgehead atoms. The van der Waals surface area contributed by atoms with Crippen LogP contribution in [0.15, 0.2) is 11.9 Å². The SMILES string of the molecule is C1=C2CN1CN2. The second-order valence-corrected chi connectivity index (χ2v) is 1.74. The summed E-state index contributed by atoms with van der Waals surface area (Å²) in [5.41, 5.74) is 1.40. The van der Waals surface area contributed by atoms with Gasteiger partial charge in [-0.2, -0.15) is 0 Å². The quantitative estimate of drug-likeness (QED) is 0.431. The Balaban J connectivity index is 2.39. The zero-order valence-electron chi connectivity index (χ0n) is 3.44. The number of nitrogens with zero attached hydrogens (tertiary/aromatic N) is 1. The van der Waals surface area contributed by atoms with E-state index in [1.807, 2.05) is 0 Å². The van der Waals surface area contributed by atoms with Crippen LogP contribution in [0.3, 0.4) is 0 Å². The summed E-state index contributed by atoms with van der Waals surface area (Å²) in [7, 11) is 0. The van der Waals surface area contributed by atoms with Crippen LogP contribution in [0.2, 0.25) is 0 Å². The van der Waals surface area contributed by atoms with Gasteiger partial charge in [-0.1, -0.05) is 0 Å². The average molecular weight is 82.1 g/mol. The largest absolute Gasteiger partial charge is 0.368 e. The molecule has 3 rings (SSSR count). The first-order valence-electron chi connectivity index (χ1n) is 2.14. The van der Waals surface area contributed by atoms with Crippen LogP contribution in [0.4, 0.5) is 0 Å². The van der Waals surface area contributed by atoms with Crippen molar-refractivity contribution >= 4 is 0 Å². The molecule has 0 unspecified atom stereocenters. The van der Waals surface area contributed by atoms with Crippen molar-refractivity contribution in [2.24, 2.45) is 0 Å². The van der Waals surface area contributed by atoms with Gasteiger partial charge < -0.3 is 10.2 Å². The van der Waals surface area contributed by atoms with Gasteiger partial charge in [0.05, 0.1) is 13.2 Å². The van der Waals surface area contributed by atoms with Crippen molar-refractivity contribution < 1.29 is 0 Å². The fourth-order valence-corrected chi connectivity index (χ4v) is 0.819. The van der Waals surface area contributed by atoms with Gasteiger partial charge in [-0.15, -0.1) is 0 Å². The van der Waals surface area contributed by atoms with Crippen molar-refractivity contribution in [1.82, 2.24) is 10.2 Å². The lowest BCUT2D eigenvalue weighted by molar-refractivity contribution is 0.442. The monoisotopic (exact) mass is 82.1 g/mol. The minimum absolute atomic E-state index is 1.05. The van der Waals surface area contributed by atoms with Gasteiger partial charge in [0.1, 0.15) is 0 Å². The van der Waals surface area contributed by atoms with Crippen LogP contribution < -0.4 is 5.32 Å². The van der Waals surface area contributed by atoms with E-state index in [9.17, 15) is 0 Å². The van der Waals surface area contributed by atoms with E-state index < -0.39 is 0 Å². The predicted molar refractivity (Wildman–Crippen MR) is 22.8 cm³/mol. The molecule has 0 atom stereocenters. The molecular formula is C4H6N2. The van der Waals surface area contributed by atoms with E-state index >= 15 is 0 Å². The number of hydrogen-bond donors (Lipinski definition) is 1. The zero-order chi connectivity index (χ0) is 3.98. The Hall–Kier alpha value is -0.660. The zero-order valence-corrected chi connectivity index (χ0v) is 3.44. The molecule has 1 fully saturated rings. The maximum absolute atomic E-state index is 3.18. The maximum Gasteiger partial charge on any atom is 0.0874 e. The molecule has 0 amide bonds. The Morgan fingerprint density at radius 3 is 2.83 bits per heavy atom. The van der Waals surface area contributed by atoms with Gasteiger partial charge in [0.25, 0.3) is 0 Å². The first-order valence-corrected chi connectivity index (χ1v) is 2.14. The summed E-state index contributed by atoms with van der Waals surface area (Å²) >= 11 is 0. The molecule has 2 nitrogen and oxygen atoms in total. The summed E-state index contributed by atoms with van der Waals surface area (Å²) in [6.45, 7) is 2.22. The average Bonchev–Trinajstić information content (AvgIpc) is 1.72. The Labute approximate surface area is 36.4 Å². The minimum atomic E-state index is 1.05. The fraction of sp³-hybridized carbons (Fsp3) is 0.500. The molecule has 3 aliphatic heterocycles. The minimum Gasteiger partial charge on any atom is -0.368 e. The third-order valence-corrected chi connectivity index (χ3v) is 1.22. The third kappa shape index (κ3) is 0.120. The number of hydrogen-bond acceptors (Lipinski definition) is 2. The molecule has 0 aromatic heterocycles. The fourth-order valence-electron chi connectivity index (χ4n) is 0.819. The normalized spacial score (nSPS) is 25.3. The van der Waals surface area contributed by atoms with Gasteiger partial charge >= 0.3 is 0 Å². The Bertz CT molecular complexity index is 102. The molecule has 3 heterocycles. The van der Waals surface area contributed by atoms with Crippen molar-refractivity contribution in [2.45, 2.75) is 0 Å². The van der Waals surface area contributed by atoms with Gasteiger partial charge in [-0.05, 0) is 0 Å². The third-order valence-electron chi connectivity index (χ3n) is 1.22.